The molecule has 148 valence electrons. The van der Waals surface area contributed by atoms with E-state index in [-0.39, 0.29) is 17.4 Å². The van der Waals surface area contributed by atoms with Crippen LogP contribution in [0.15, 0.2) is 42.5 Å². The first-order valence-electron chi connectivity index (χ1n) is 9.09. The number of hydrogen-bond donors (Lipinski definition) is 0. The smallest absolute Gasteiger partial charge is 0.256 e. The lowest BCUT2D eigenvalue weighted by molar-refractivity contribution is -0.136. The van der Waals surface area contributed by atoms with Gasteiger partial charge in [-0.05, 0) is 36.6 Å². The van der Waals surface area contributed by atoms with E-state index in [9.17, 15) is 18.4 Å². The van der Waals surface area contributed by atoms with Gasteiger partial charge in [-0.15, -0.1) is 0 Å². The zero-order chi connectivity index (χ0) is 20.3. The summed E-state index contributed by atoms with van der Waals surface area (Å²) in [6, 6.07) is 10.3. The van der Waals surface area contributed by atoms with Crippen molar-refractivity contribution >= 4 is 23.4 Å². The van der Waals surface area contributed by atoms with E-state index in [0.29, 0.717) is 43.6 Å². The lowest BCUT2D eigenvalue weighted by atomic mass is 9.94. The van der Waals surface area contributed by atoms with Crippen LogP contribution in [0.25, 0.3) is 0 Å². The van der Waals surface area contributed by atoms with Crippen molar-refractivity contribution in [2.24, 2.45) is 5.92 Å². The van der Waals surface area contributed by atoms with Gasteiger partial charge in [-0.1, -0.05) is 29.8 Å². The highest BCUT2D eigenvalue weighted by molar-refractivity contribution is 6.31. The molecule has 1 aliphatic rings. The second kappa shape index (κ2) is 8.69. The van der Waals surface area contributed by atoms with Crippen LogP contribution >= 0.6 is 11.6 Å². The van der Waals surface area contributed by atoms with Gasteiger partial charge in [0, 0.05) is 43.7 Å². The van der Waals surface area contributed by atoms with Crippen molar-refractivity contribution in [3.05, 3.63) is 70.2 Å². The van der Waals surface area contributed by atoms with Gasteiger partial charge in [0.05, 0.1) is 5.56 Å². The Kier molecular flexibility index (Phi) is 6.29. The molecule has 0 radical (unpaired) electrons. The minimum Gasteiger partial charge on any atom is -0.341 e. The van der Waals surface area contributed by atoms with E-state index >= 15 is 0 Å². The largest absolute Gasteiger partial charge is 0.341 e. The first kappa shape index (κ1) is 20.3. The van der Waals surface area contributed by atoms with Crippen LogP contribution in [0, 0.1) is 17.6 Å². The van der Waals surface area contributed by atoms with Gasteiger partial charge >= 0.3 is 0 Å². The van der Waals surface area contributed by atoms with E-state index in [1.807, 2.05) is 18.2 Å². The summed E-state index contributed by atoms with van der Waals surface area (Å²) in [7, 11) is 1.73. The van der Waals surface area contributed by atoms with Crippen LogP contribution < -0.4 is 0 Å². The van der Waals surface area contributed by atoms with Crippen molar-refractivity contribution in [2.75, 3.05) is 20.1 Å². The number of halogens is 3. The van der Waals surface area contributed by atoms with Crippen molar-refractivity contribution in [3.8, 4) is 0 Å². The number of piperidine rings is 1. The average molecular weight is 407 g/mol. The minimum absolute atomic E-state index is 0.0000172. The average Bonchev–Trinajstić information content (AvgIpc) is 2.69. The molecular weight excluding hydrogens is 386 g/mol. The van der Waals surface area contributed by atoms with Gasteiger partial charge in [0.2, 0.25) is 5.91 Å². The van der Waals surface area contributed by atoms with Gasteiger partial charge in [0.25, 0.3) is 5.91 Å². The first-order valence-corrected chi connectivity index (χ1v) is 9.47. The second-order valence-corrected chi connectivity index (χ2v) is 7.38. The number of amides is 2. The third kappa shape index (κ3) is 4.50. The van der Waals surface area contributed by atoms with E-state index in [4.69, 9.17) is 11.6 Å². The Balaban J connectivity index is 1.57. The third-order valence-electron chi connectivity index (χ3n) is 5.03. The van der Waals surface area contributed by atoms with E-state index in [1.54, 1.807) is 18.0 Å². The molecule has 1 aliphatic heterocycles. The molecule has 2 aromatic rings. The molecule has 0 saturated carbocycles. The second-order valence-electron chi connectivity index (χ2n) is 6.98. The summed E-state index contributed by atoms with van der Waals surface area (Å²) in [5, 5.41) is 0.615. The van der Waals surface area contributed by atoms with Crippen molar-refractivity contribution in [1.29, 1.82) is 0 Å². The number of carbonyl (C=O) groups is 2. The number of rotatable bonds is 4. The zero-order valence-corrected chi connectivity index (χ0v) is 16.3. The summed E-state index contributed by atoms with van der Waals surface area (Å²) in [5.41, 5.74) is 0.724. The number of benzene rings is 2. The van der Waals surface area contributed by atoms with Gasteiger partial charge in [0.1, 0.15) is 11.6 Å². The zero-order valence-electron chi connectivity index (χ0n) is 15.5. The fraction of sp³-hybridized carbons (Fsp3) is 0.333. The molecule has 1 fully saturated rings. The van der Waals surface area contributed by atoms with Gasteiger partial charge < -0.3 is 9.80 Å². The summed E-state index contributed by atoms with van der Waals surface area (Å²) >= 11 is 6.16. The quantitative estimate of drug-likeness (QED) is 0.766. The topological polar surface area (TPSA) is 40.6 Å². The maximum Gasteiger partial charge on any atom is 0.256 e. The highest BCUT2D eigenvalue weighted by Gasteiger charge is 2.30. The molecule has 2 aromatic carbocycles. The third-order valence-corrected chi connectivity index (χ3v) is 5.40. The van der Waals surface area contributed by atoms with Crippen molar-refractivity contribution in [3.63, 3.8) is 0 Å². The SMILES string of the molecule is CN(Cc1ccccc1Cl)C(=O)C1CCN(C(=O)c2ccc(F)cc2F)CC1. The van der Waals surface area contributed by atoms with Gasteiger partial charge in [0.15, 0.2) is 0 Å². The van der Waals surface area contributed by atoms with Crippen LogP contribution in [0.1, 0.15) is 28.8 Å². The summed E-state index contributed by atoms with van der Waals surface area (Å²) < 4.78 is 26.9. The van der Waals surface area contributed by atoms with Crippen LogP contribution in [-0.2, 0) is 11.3 Å². The molecule has 4 nitrogen and oxygen atoms in total. The Morgan fingerprint density at radius 3 is 2.46 bits per heavy atom. The maximum atomic E-state index is 13.8. The van der Waals surface area contributed by atoms with Crippen LogP contribution in [0.5, 0.6) is 0 Å². The van der Waals surface area contributed by atoms with E-state index < -0.39 is 17.5 Å². The standard InChI is InChI=1S/C21H21ClF2N2O2/c1-25(13-15-4-2-3-5-18(15)22)20(27)14-8-10-26(11-9-14)21(28)17-7-6-16(23)12-19(17)24/h2-7,12,14H,8-11,13H2,1H3. The van der Waals surface area contributed by atoms with E-state index in [2.05, 4.69) is 0 Å². The lowest BCUT2D eigenvalue weighted by Crippen LogP contribution is -2.43. The molecule has 2 amide bonds. The predicted molar refractivity (Wildman–Crippen MR) is 103 cm³/mol. The monoisotopic (exact) mass is 406 g/mol. The van der Waals surface area contributed by atoms with Crippen molar-refractivity contribution in [1.82, 2.24) is 9.80 Å². The molecule has 0 aromatic heterocycles. The Morgan fingerprint density at radius 1 is 1.14 bits per heavy atom. The normalized spacial score (nSPS) is 14.8. The lowest BCUT2D eigenvalue weighted by Gasteiger charge is -2.33. The number of hydrogen-bond acceptors (Lipinski definition) is 2. The highest BCUT2D eigenvalue weighted by Crippen LogP contribution is 2.24. The number of likely N-dealkylation sites (tertiary alicyclic amines) is 1. The molecule has 3 rings (SSSR count). The van der Waals surface area contributed by atoms with Crippen LogP contribution in [0.4, 0.5) is 8.78 Å². The molecule has 0 N–H and O–H groups in total. The summed E-state index contributed by atoms with van der Waals surface area (Å²) in [4.78, 5) is 28.4. The molecule has 0 atom stereocenters. The number of nitrogens with zero attached hydrogens (tertiary/aromatic N) is 2. The van der Waals surface area contributed by atoms with E-state index in [1.165, 1.54) is 4.90 Å². The molecule has 7 heteroatoms. The summed E-state index contributed by atoms with van der Waals surface area (Å²) in [6.07, 6.45) is 1.00. The molecule has 28 heavy (non-hydrogen) atoms. The van der Waals surface area contributed by atoms with Gasteiger partial charge in [-0.25, -0.2) is 8.78 Å². The molecule has 0 unspecified atom stereocenters. The number of carbonyl (C=O) groups excluding carboxylic acids is 2. The minimum atomic E-state index is -0.873. The van der Waals surface area contributed by atoms with Crippen LogP contribution in [0.2, 0.25) is 5.02 Å². The van der Waals surface area contributed by atoms with Crippen LogP contribution in [0.3, 0.4) is 0 Å². The van der Waals surface area contributed by atoms with Gasteiger partial charge in [-0.2, -0.15) is 0 Å². The van der Waals surface area contributed by atoms with Gasteiger partial charge in [-0.3, -0.25) is 9.59 Å². The molecule has 0 bridgehead atoms. The van der Waals surface area contributed by atoms with E-state index in [0.717, 1.165) is 17.7 Å². The fourth-order valence-electron chi connectivity index (χ4n) is 3.43. The molecular formula is C21H21ClF2N2O2. The Morgan fingerprint density at radius 2 is 1.82 bits per heavy atom. The highest BCUT2D eigenvalue weighted by atomic mass is 35.5. The molecule has 1 heterocycles. The molecule has 1 saturated heterocycles. The van der Waals surface area contributed by atoms with Crippen molar-refractivity contribution < 1.29 is 18.4 Å². The van der Waals surface area contributed by atoms with Crippen molar-refractivity contribution in [2.45, 2.75) is 19.4 Å². The Bertz CT molecular complexity index is 882. The fourth-order valence-corrected chi connectivity index (χ4v) is 3.63. The summed E-state index contributed by atoms with van der Waals surface area (Å²) in [6.45, 7) is 1.12. The molecule has 0 spiro atoms. The maximum absolute atomic E-state index is 13.8. The predicted octanol–water partition coefficient (Wildman–Crippen LogP) is 4.13. The molecule has 0 aliphatic carbocycles. The first-order chi connectivity index (χ1) is 13.4. The Labute approximate surface area is 167 Å². The summed E-state index contributed by atoms with van der Waals surface area (Å²) in [5.74, 6) is -2.27. The Hall–Kier alpha value is -2.47. The van der Waals surface area contributed by atoms with Crippen LogP contribution in [-0.4, -0.2) is 41.8 Å².